The highest BCUT2D eigenvalue weighted by atomic mass is 28.3. The second-order valence-corrected chi connectivity index (χ2v) is 21.6. The van der Waals surface area contributed by atoms with Crippen LogP contribution in [0.4, 0.5) is 15.4 Å². The maximum absolute atomic E-state index is 14.0. The summed E-state index contributed by atoms with van der Waals surface area (Å²) in [5.41, 5.74) is 2.74. The molecule has 0 N–H and O–H groups in total. The zero-order chi connectivity index (χ0) is 36.5. The summed E-state index contributed by atoms with van der Waals surface area (Å²) < 4.78 is 20.9. The molecule has 14 nitrogen and oxygen atoms in total. The van der Waals surface area contributed by atoms with Crippen molar-refractivity contribution in [2.45, 2.75) is 84.8 Å². The summed E-state index contributed by atoms with van der Waals surface area (Å²) in [5, 5.41) is 9.15. The summed E-state index contributed by atoms with van der Waals surface area (Å²) in [6.45, 7) is 20.0. The lowest BCUT2D eigenvalue weighted by atomic mass is 10.0. The third kappa shape index (κ3) is 8.76. The van der Waals surface area contributed by atoms with Crippen molar-refractivity contribution in [3.8, 4) is 22.5 Å². The van der Waals surface area contributed by atoms with Gasteiger partial charge in [-0.15, -0.1) is 5.10 Å². The van der Waals surface area contributed by atoms with Gasteiger partial charge in [-0.25, -0.2) is 28.8 Å². The van der Waals surface area contributed by atoms with Crippen molar-refractivity contribution in [2.75, 3.05) is 44.3 Å². The molecule has 6 rings (SSSR count). The molecule has 2 atom stereocenters. The van der Waals surface area contributed by atoms with E-state index in [1.807, 2.05) is 62.2 Å². The first-order valence-corrected chi connectivity index (χ1v) is 21.5. The number of ether oxygens (including phenoxy) is 3. The lowest BCUT2D eigenvalue weighted by Gasteiger charge is -2.35. The van der Waals surface area contributed by atoms with Crippen molar-refractivity contribution in [3.63, 3.8) is 0 Å². The Morgan fingerprint density at radius 2 is 1.82 bits per heavy atom. The van der Waals surface area contributed by atoms with Crippen LogP contribution < -0.4 is 4.90 Å². The van der Waals surface area contributed by atoms with Crippen molar-refractivity contribution in [3.05, 3.63) is 49.1 Å². The molecule has 1 aromatic carbocycles. The van der Waals surface area contributed by atoms with Gasteiger partial charge >= 0.3 is 12.1 Å². The van der Waals surface area contributed by atoms with Crippen molar-refractivity contribution in [1.29, 1.82) is 0 Å². The summed E-state index contributed by atoms with van der Waals surface area (Å²) in [6.07, 6.45) is 4.64. The van der Waals surface area contributed by atoms with Crippen LogP contribution in [0.1, 0.15) is 34.6 Å². The molecule has 1 unspecified atom stereocenters. The highest BCUT2D eigenvalue weighted by Gasteiger charge is 2.42. The quantitative estimate of drug-likeness (QED) is 0.138. The van der Waals surface area contributed by atoms with Crippen LogP contribution >= 0.6 is 0 Å². The average molecular weight is 718 g/mol. The molecule has 4 aromatic rings. The lowest BCUT2D eigenvalue weighted by Crippen LogP contribution is -2.51. The zero-order valence-electron chi connectivity index (χ0n) is 31.1. The fourth-order valence-corrected chi connectivity index (χ4v) is 6.96. The topological polar surface area (TPSA) is 132 Å². The van der Waals surface area contributed by atoms with Crippen LogP contribution in [0.5, 0.6) is 0 Å². The number of fused-ring (bicyclic) bond motifs is 1. The standard InChI is InChI=1S/C36H51N9O5Si/c1-25(2)30-22-42(21-28-20-41(15-16-49-28)35(47)50-36(3,4)5)34(46)45(30)31-13-14-44-33(39-31)29(19-38-44)26-9-11-27(12-10-26)32-37-23-43(40-32)24-48-17-18-51(6,7)8/h9-14,19,23,25,28,30H,15-18,20-22,24H2,1-8H3/t28?,30-/m1/s1. The van der Waals surface area contributed by atoms with E-state index in [-0.39, 0.29) is 30.2 Å². The first-order valence-electron chi connectivity index (χ1n) is 17.8. The van der Waals surface area contributed by atoms with Gasteiger partial charge in [-0.1, -0.05) is 57.8 Å². The molecule has 0 spiro atoms. The van der Waals surface area contributed by atoms with E-state index in [2.05, 4.69) is 48.7 Å². The van der Waals surface area contributed by atoms with E-state index in [1.165, 1.54) is 0 Å². The number of hydrogen-bond acceptors (Lipinski definition) is 9. The normalized spacial score (nSPS) is 18.8. The fraction of sp³-hybridized carbons (Fsp3) is 0.556. The van der Waals surface area contributed by atoms with E-state index in [9.17, 15) is 9.59 Å². The first-order chi connectivity index (χ1) is 24.1. The molecule has 274 valence electrons. The Morgan fingerprint density at radius 1 is 1.08 bits per heavy atom. The number of nitrogens with zero attached hydrogens (tertiary/aromatic N) is 9. The first kappa shape index (κ1) is 36.4. The molecule has 15 heteroatoms. The van der Waals surface area contributed by atoms with Crippen molar-refractivity contribution >= 4 is 31.7 Å². The minimum absolute atomic E-state index is 0.0956. The van der Waals surface area contributed by atoms with E-state index in [0.717, 1.165) is 29.3 Å². The van der Waals surface area contributed by atoms with Gasteiger partial charge in [0.05, 0.1) is 38.0 Å². The van der Waals surface area contributed by atoms with Gasteiger partial charge in [0.15, 0.2) is 11.5 Å². The Labute approximate surface area is 300 Å². The van der Waals surface area contributed by atoms with Crippen LogP contribution in [0, 0.1) is 5.92 Å². The van der Waals surface area contributed by atoms with Crippen molar-refractivity contribution in [1.82, 2.24) is 39.2 Å². The second-order valence-electron chi connectivity index (χ2n) is 15.9. The highest BCUT2D eigenvalue weighted by Crippen LogP contribution is 2.31. The Kier molecular flexibility index (Phi) is 10.5. The number of amides is 3. The van der Waals surface area contributed by atoms with Gasteiger partial charge in [-0.2, -0.15) is 5.10 Å². The van der Waals surface area contributed by atoms with Crippen molar-refractivity contribution < 1.29 is 23.8 Å². The molecule has 2 fully saturated rings. The minimum atomic E-state index is -1.15. The number of urea groups is 1. The smallest absolute Gasteiger partial charge is 0.410 e. The third-order valence-electron chi connectivity index (χ3n) is 9.01. The van der Waals surface area contributed by atoms with Crippen molar-refractivity contribution in [2.24, 2.45) is 5.92 Å². The molecule has 2 saturated heterocycles. The van der Waals surface area contributed by atoms with Crippen LogP contribution in [0.2, 0.25) is 25.7 Å². The number of hydrogen-bond donors (Lipinski definition) is 0. The summed E-state index contributed by atoms with van der Waals surface area (Å²) in [7, 11) is -1.15. The highest BCUT2D eigenvalue weighted by molar-refractivity contribution is 6.76. The van der Waals surface area contributed by atoms with Gasteiger partial charge in [-0.05, 0) is 44.4 Å². The molecular formula is C36H51N9O5Si. The lowest BCUT2D eigenvalue weighted by molar-refractivity contribution is -0.0478. The van der Waals surface area contributed by atoms with Gasteiger partial charge in [-0.3, -0.25) is 4.90 Å². The van der Waals surface area contributed by atoms with Gasteiger partial charge in [0.1, 0.15) is 24.5 Å². The SMILES string of the molecule is CC(C)[C@H]1CN(CC2CN(C(=O)OC(C)(C)C)CCO2)C(=O)N1c1ccn2ncc(-c3ccc(-c4ncn(COCC[Si](C)(C)C)n4)cc3)c2n1. The van der Waals surface area contributed by atoms with E-state index in [1.54, 1.807) is 31.5 Å². The number of benzene rings is 1. The monoisotopic (exact) mass is 717 g/mol. The molecule has 3 aromatic heterocycles. The minimum Gasteiger partial charge on any atom is -0.444 e. The second kappa shape index (κ2) is 14.7. The van der Waals surface area contributed by atoms with Gasteiger partial charge in [0.25, 0.3) is 0 Å². The number of anilines is 1. The zero-order valence-corrected chi connectivity index (χ0v) is 32.1. The van der Waals surface area contributed by atoms with Gasteiger partial charge < -0.3 is 24.0 Å². The number of carbonyl (C=O) groups is 2. The molecule has 2 aliphatic rings. The maximum atomic E-state index is 14.0. The van der Waals surface area contributed by atoms with Gasteiger partial charge in [0, 0.05) is 45.1 Å². The fourth-order valence-electron chi connectivity index (χ4n) is 6.20. The molecule has 0 aliphatic carbocycles. The predicted octanol–water partition coefficient (Wildman–Crippen LogP) is 5.87. The van der Waals surface area contributed by atoms with Crippen LogP contribution in [0.25, 0.3) is 28.2 Å². The summed E-state index contributed by atoms with van der Waals surface area (Å²) >= 11 is 0. The maximum Gasteiger partial charge on any atom is 0.410 e. The van der Waals surface area contributed by atoms with Crippen LogP contribution in [-0.2, 0) is 20.9 Å². The summed E-state index contributed by atoms with van der Waals surface area (Å²) in [5.74, 6) is 1.37. The van der Waals surface area contributed by atoms with Crippen LogP contribution in [0.15, 0.2) is 49.1 Å². The predicted molar refractivity (Wildman–Crippen MR) is 197 cm³/mol. The third-order valence-corrected chi connectivity index (χ3v) is 10.7. The Morgan fingerprint density at radius 3 is 2.53 bits per heavy atom. The number of rotatable bonds is 11. The Bertz CT molecular complexity index is 1830. The molecule has 0 radical (unpaired) electrons. The average Bonchev–Trinajstić information content (AvgIpc) is 3.79. The van der Waals surface area contributed by atoms with E-state index >= 15 is 0 Å². The number of morpholine rings is 1. The molecular weight excluding hydrogens is 667 g/mol. The molecule has 2 aliphatic heterocycles. The van der Waals surface area contributed by atoms with E-state index in [0.29, 0.717) is 56.8 Å². The van der Waals surface area contributed by atoms with E-state index < -0.39 is 13.7 Å². The Balaban J connectivity index is 1.15. The molecule has 0 saturated carbocycles. The van der Waals surface area contributed by atoms with Crippen LogP contribution in [-0.4, -0.2) is 117 Å². The molecule has 51 heavy (non-hydrogen) atoms. The summed E-state index contributed by atoms with van der Waals surface area (Å²) in [6, 6.07) is 10.7. The van der Waals surface area contributed by atoms with Gasteiger partial charge in [0.2, 0.25) is 0 Å². The Hall–Kier alpha value is -4.34. The molecule has 5 heterocycles. The van der Waals surface area contributed by atoms with E-state index in [4.69, 9.17) is 19.2 Å². The summed E-state index contributed by atoms with van der Waals surface area (Å²) in [4.78, 5) is 41.5. The number of aromatic nitrogens is 6. The number of carbonyl (C=O) groups excluding carboxylic acids is 2. The van der Waals surface area contributed by atoms with Crippen LogP contribution in [0.3, 0.4) is 0 Å². The largest absolute Gasteiger partial charge is 0.444 e. The molecule has 3 amide bonds. The molecule has 0 bridgehead atoms.